The van der Waals surface area contributed by atoms with E-state index in [2.05, 4.69) is 10.1 Å². The summed E-state index contributed by atoms with van der Waals surface area (Å²) in [5.41, 5.74) is 5.21. The van der Waals surface area contributed by atoms with Gasteiger partial charge in [-0.2, -0.15) is 4.68 Å². The Morgan fingerprint density at radius 1 is 1.79 bits per heavy atom. The molecule has 0 fully saturated rings. The van der Waals surface area contributed by atoms with Gasteiger partial charge in [-0.1, -0.05) is 0 Å². The minimum absolute atomic E-state index is 0.163. The normalized spacial score (nSPS) is 12.4. The van der Waals surface area contributed by atoms with E-state index in [-0.39, 0.29) is 5.82 Å². The van der Waals surface area contributed by atoms with E-state index in [9.17, 15) is 14.9 Å². The highest BCUT2D eigenvalue weighted by Crippen LogP contribution is 2.10. The van der Waals surface area contributed by atoms with E-state index >= 15 is 0 Å². The number of carbonyl (C=O) groups is 1. The van der Waals surface area contributed by atoms with Crippen molar-refractivity contribution >= 4 is 11.9 Å². The molecule has 0 radical (unpaired) electrons. The number of hydrogen-bond donors (Lipinski definition) is 2. The highest BCUT2D eigenvalue weighted by Gasteiger charge is 2.28. The highest BCUT2D eigenvalue weighted by atomic mass is 16.6. The lowest BCUT2D eigenvalue weighted by atomic mass is 10.3. The lowest BCUT2D eigenvalue weighted by Crippen LogP contribution is -2.24. The van der Waals surface area contributed by atoms with Gasteiger partial charge in [0.2, 0.25) is 5.82 Å². The summed E-state index contributed by atoms with van der Waals surface area (Å²) in [7, 11) is 1.33. The molecule has 14 heavy (non-hydrogen) atoms. The molecular weight excluding hydrogens is 194 g/mol. The van der Waals surface area contributed by atoms with E-state index in [0.717, 1.165) is 4.68 Å². The van der Waals surface area contributed by atoms with Crippen LogP contribution in [0.5, 0.6) is 0 Å². The first-order chi connectivity index (χ1) is 6.43. The van der Waals surface area contributed by atoms with Crippen LogP contribution >= 0.6 is 0 Å². The molecule has 9 nitrogen and oxygen atoms in total. The number of hydrogen-bond acceptors (Lipinski definition) is 6. The van der Waals surface area contributed by atoms with Crippen molar-refractivity contribution in [1.82, 2.24) is 14.8 Å². The van der Waals surface area contributed by atoms with Gasteiger partial charge in [-0.15, -0.1) is 0 Å². The van der Waals surface area contributed by atoms with E-state index in [1.807, 2.05) is 0 Å². The summed E-state index contributed by atoms with van der Waals surface area (Å²) >= 11 is 0. The first-order valence-electron chi connectivity index (χ1n) is 3.47. The predicted octanol–water partition coefficient (Wildman–Crippen LogP) is -1.19. The van der Waals surface area contributed by atoms with Gasteiger partial charge >= 0.3 is 11.9 Å². The average molecular weight is 201 g/mol. The van der Waals surface area contributed by atoms with Crippen LogP contribution in [0.4, 0.5) is 5.95 Å². The summed E-state index contributed by atoms with van der Waals surface area (Å²) in [4.78, 5) is 23.2. The number of aryl methyl sites for hydroxylation is 1. The Balaban J connectivity index is 3.10. The fourth-order valence-corrected chi connectivity index (χ4v) is 0.841. The van der Waals surface area contributed by atoms with E-state index < -0.39 is 22.9 Å². The Bertz CT molecular complexity index is 385. The van der Waals surface area contributed by atoms with Crippen LogP contribution in [0, 0.1) is 10.1 Å². The fraction of sp³-hybridized carbons (Fsp3) is 0.400. The second kappa shape index (κ2) is 3.38. The van der Waals surface area contributed by atoms with E-state index in [1.165, 1.54) is 7.05 Å². The Morgan fingerprint density at radius 2 is 2.36 bits per heavy atom. The van der Waals surface area contributed by atoms with E-state index in [0.29, 0.717) is 0 Å². The lowest BCUT2D eigenvalue weighted by molar-refractivity contribution is -0.394. The van der Waals surface area contributed by atoms with Crippen LogP contribution < -0.4 is 5.73 Å². The molecule has 0 aliphatic rings. The minimum atomic E-state index is -1.42. The zero-order valence-corrected chi connectivity index (χ0v) is 7.12. The number of aromatic nitrogens is 3. The molecule has 1 aromatic rings. The number of nitrogens with zero attached hydrogens (tertiary/aromatic N) is 4. The number of nitro groups is 1. The van der Waals surface area contributed by atoms with Gasteiger partial charge in [0.05, 0.1) is 0 Å². The van der Waals surface area contributed by atoms with Gasteiger partial charge in [0.15, 0.2) is 6.04 Å². The topological polar surface area (TPSA) is 137 Å². The fourth-order valence-electron chi connectivity index (χ4n) is 0.841. The van der Waals surface area contributed by atoms with Crippen molar-refractivity contribution in [3.63, 3.8) is 0 Å². The predicted molar refractivity (Wildman–Crippen MR) is 42.2 cm³/mol. The molecule has 1 atom stereocenters. The van der Waals surface area contributed by atoms with Crippen molar-refractivity contribution in [3.8, 4) is 0 Å². The maximum atomic E-state index is 10.5. The Morgan fingerprint density at radius 3 is 2.71 bits per heavy atom. The number of carboxylic acids is 1. The Kier molecular flexibility index (Phi) is 2.42. The van der Waals surface area contributed by atoms with Crippen molar-refractivity contribution in [2.24, 2.45) is 12.8 Å². The highest BCUT2D eigenvalue weighted by molar-refractivity contribution is 5.74. The van der Waals surface area contributed by atoms with Gasteiger partial charge in [-0.3, -0.25) is 0 Å². The molecule has 9 heteroatoms. The van der Waals surface area contributed by atoms with Crippen LogP contribution in [0.15, 0.2) is 0 Å². The van der Waals surface area contributed by atoms with Crippen LogP contribution in [0.1, 0.15) is 11.9 Å². The third-order valence-corrected chi connectivity index (χ3v) is 1.49. The summed E-state index contributed by atoms with van der Waals surface area (Å²) in [5.74, 6) is -2.15. The number of rotatable bonds is 3. The molecule has 0 saturated carbocycles. The number of carboxylic acid groups (broad SMARTS) is 1. The SMILES string of the molecule is Cn1nc([N+](=O)[O-])nc1C(N)C(=O)O. The largest absolute Gasteiger partial charge is 0.491 e. The summed E-state index contributed by atoms with van der Waals surface area (Å²) in [5, 5.41) is 22.1. The van der Waals surface area contributed by atoms with Crippen molar-refractivity contribution in [3.05, 3.63) is 15.9 Å². The maximum Gasteiger partial charge on any atom is 0.491 e. The second-order valence-electron chi connectivity index (χ2n) is 2.47. The van der Waals surface area contributed by atoms with Crippen LogP contribution in [0.2, 0.25) is 0 Å². The molecule has 0 aliphatic heterocycles. The molecule has 0 saturated heterocycles. The maximum absolute atomic E-state index is 10.5. The molecule has 0 aromatic carbocycles. The third-order valence-electron chi connectivity index (χ3n) is 1.49. The zero-order valence-electron chi connectivity index (χ0n) is 7.12. The number of nitrogens with two attached hydrogens (primary N) is 1. The molecule has 76 valence electrons. The van der Waals surface area contributed by atoms with Crippen LogP contribution in [-0.2, 0) is 11.8 Å². The summed E-state index contributed by atoms with van der Waals surface area (Å²) < 4.78 is 0.969. The van der Waals surface area contributed by atoms with Crippen LogP contribution in [-0.4, -0.2) is 30.8 Å². The Labute approximate surface area is 77.3 Å². The lowest BCUT2D eigenvalue weighted by Gasteiger charge is -1.98. The molecule has 3 N–H and O–H groups in total. The summed E-state index contributed by atoms with van der Waals surface area (Å²) in [6, 6.07) is -1.42. The molecule has 1 rings (SSSR count). The molecule has 0 aliphatic carbocycles. The summed E-state index contributed by atoms with van der Waals surface area (Å²) in [6.45, 7) is 0. The van der Waals surface area contributed by atoms with E-state index in [1.54, 1.807) is 0 Å². The standard InChI is InChI=1S/C5H7N5O4/c1-9-3(2(6)4(11)12)7-5(8-9)10(13)14/h2H,6H2,1H3,(H,11,12). The first kappa shape index (κ1) is 10.1. The van der Waals surface area contributed by atoms with Crippen molar-refractivity contribution in [1.29, 1.82) is 0 Å². The van der Waals surface area contributed by atoms with Gasteiger partial charge < -0.3 is 21.0 Å². The van der Waals surface area contributed by atoms with Crippen molar-refractivity contribution < 1.29 is 14.8 Å². The Hall–Kier alpha value is -2.03. The molecule has 1 unspecified atom stereocenters. The number of aliphatic carboxylic acids is 1. The molecule has 1 aromatic heterocycles. The molecular formula is C5H7N5O4. The average Bonchev–Trinajstić information content (AvgIpc) is 2.46. The van der Waals surface area contributed by atoms with Gasteiger partial charge in [0.1, 0.15) is 0 Å². The summed E-state index contributed by atoms with van der Waals surface area (Å²) in [6.07, 6.45) is 0. The van der Waals surface area contributed by atoms with E-state index in [4.69, 9.17) is 10.8 Å². The van der Waals surface area contributed by atoms with Gasteiger partial charge in [0.25, 0.3) is 0 Å². The molecule has 0 amide bonds. The van der Waals surface area contributed by atoms with Crippen LogP contribution in [0.3, 0.4) is 0 Å². The first-order valence-corrected chi connectivity index (χ1v) is 3.47. The van der Waals surface area contributed by atoms with Crippen molar-refractivity contribution in [2.45, 2.75) is 6.04 Å². The second-order valence-corrected chi connectivity index (χ2v) is 2.47. The van der Waals surface area contributed by atoms with Crippen LogP contribution in [0.25, 0.3) is 0 Å². The van der Waals surface area contributed by atoms with Crippen molar-refractivity contribution in [2.75, 3.05) is 0 Å². The minimum Gasteiger partial charge on any atom is -0.480 e. The molecule has 1 heterocycles. The quantitative estimate of drug-likeness (QED) is 0.463. The van der Waals surface area contributed by atoms with Gasteiger partial charge in [-0.05, 0) is 9.91 Å². The smallest absolute Gasteiger partial charge is 0.480 e. The monoisotopic (exact) mass is 201 g/mol. The molecule has 0 spiro atoms. The van der Waals surface area contributed by atoms with Gasteiger partial charge in [-0.25, -0.2) is 4.79 Å². The molecule has 0 bridgehead atoms. The third kappa shape index (κ3) is 1.66. The van der Waals surface area contributed by atoms with Gasteiger partial charge in [0, 0.05) is 12.1 Å². The zero-order chi connectivity index (χ0) is 10.9.